The minimum absolute atomic E-state index is 0.248. The summed E-state index contributed by atoms with van der Waals surface area (Å²) >= 11 is 1.45. The molecule has 2 rings (SSSR count). The van der Waals surface area contributed by atoms with E-state index in [4.69, 9.17) is 9.47 Å². The molecule has 0 radical (unpaired) electrons. The number of carbonyl (C=O) groups is 1. The highest BCUT2D eigenvalue weighted by Crippen LogP contribution is 2.30. The zero-order chi connectivity index (χ0) is 16.8. The van der Waals surface area contributed by atoms with Gasteiger partial charge >= 0.3 is 0 Å². The summed E-state index contributed by atoms with van der Waals surface area (Å²) in [6, 6.07) is 5.20. The van der Waals surface area contributed by atoms with Crippen LogP contribution >= 0.6 is 11.8 Å². The first-order valence-electron chi connectivity index (χ1n) is 7.06. The van der Waals surface area contributed by atoms with Gasteiger partial charge in [0.25, 0.3) is 5.91 Å². The van der Waals surface area contributed by atoms with Gasteiger partial charge in [-0.1, -0.05) is 18.7 Å². The SMILES string of the molecule is CCc1nc(SC)ncc1C(=O)Nc1ccc(OC)c(OC)c1. The van der Waals surface area contributed by atoms with Crippen LogP contribution in [0, 0.1) is 0 Å². The average Bonchev–Trinajstić information content (AvgIpc) is 2.60. The first-order valence-corrected chi connectivity index (χ1v) is 8.28. The van der Waals surface area contributed by atoms with E-state index in [0.717, 1.165) is 5.69 Å². The van der Waals surface area contributed by atoms with Crippen LogP contribution < -0.4 is 14.8 Å². The van der Waals surface area contributed by atoms with Crippen molar-refractivity contribution in [1.29, 1.82) is 0 Å². The van der Waals surface area contributed by atoms with Gasteiger partial charge in [0.15, 0.2) is 16.7 Å². The zero-order valence-corrected chi connectivity index (χ0v) is 14.4. The minimum Gasteiger partial charge on any atom is -0.493 e. The van der Waals surface area contributed by atoms with Gasteiger partial charge in [-0.3, -0.25) is 4.79 Å². The topological polar surface area (TPSA) is 73.3 Å². The fraction of sp³-hybridized carbons (Fsp3) is 0.312. The maximum Gasteiger partial charge on any atom is 0.259 e. The van der Waals surface area contributed by atoms with Crippen molar-refractivity contribution in [2.75, 3.05) is 25.8 Å². The maximum absolute atomic E-state index is 12.5. The molecule has 0 unspecified atom stereocenters. The second kappa shape index (κ2) is 7.82. The Kier molecular flexibility index (Phi) is 5.81. The summed E-state index contributed by atoms with van der Waals surface area (Å²) < 4.78 is 10.4. The lowest BCUT2D eigenvalue weighted by molar-refractivity contribution is 0.102. The van der Waals surface area contributed by atoms with Gasteiger partial charge in [0.1, 0.15) is 0 Å². The van der Waals surface area contributed by atoms with Crippen LogP contribution in [-0.2, 0) is 6.42 Å². The lowest BCUT2D eigenvalue weighted by Gasteiger charge is -2.12. The molecule has 0 atom stereocenters. The molecule has 1 N–H and O–H groups in total. The number of aryl methyl sites for hydroxylation is 1. The predicted octanol–water partition coefficient (Wildman–Crippen LogP) is 3.03. The fourth-order valence-electron chi connectivity index (χ4n) is 2.07. The number of aromatic nitrogens is 2. The molecule has 0 spiro atoms. The Morgan fingerprint density at radius 2 is 2.00 bits per heavy atom. The Morgan fingerprint density at radius 1 is 1.26 bits per heavy atom. The molecule has 0 saturated carbocycles. The Hall–Kier alpha value is -2.28. The van der Waals surface area contributed by atoms with Gasteiger partial charge in [0.2, 0.25) is 0 Å². The molecule has 122 valence electrons. The van der Waals surface area contributed by atoms with Gasteiger partial charge in [0, 0.05) is 18.0 Å². The first kappa shape index (κ1) is 17.1. The number of hydrogen-bond acceptors (Lipinski definition) is 6. The number of ether oxygens (including phenoxy) is 2. The second-order valence-electron chi connectivity index (χ2n) is 4.59. The van der Waals surface area contributed by atoms with E-state index >= 15 is 0 Å². The third-order valence-electron chi connectivity index (χ3n) is 3.25. The number of hydrogen-bond donors (Lipinski definition) is 1. The Bertz CT molecular complexity index is 707. The van der Waals surface area contributed by atoms with Crippen LogP contribution in [0.5, 0.6) is 11.5 Å². The first-order chi connectivity index (χ1) is 11.1. The molecule has 0 bridgehead atoms. The van der Waals surface area contributed by atoms with E-state index in [0.29, 0.717) is 34.3 Å². The van der Waals surface area contributed by atoms with Crippen molar-refractivity contribution < 1.29 is 14.3 Å². The molecule has 1 heterocycles. The molecule has 0 fully saturated rings. The van der Waals surface area contributed by atoms with Gasteiger partial charge < -0.3 is 14.8 Å². The fourth-order valence-corrected chi connectivity index (χ4v) is 2.43. The number of nitrogens with one attached hydrogen (secondary N) is 1. The largest absolute Gasteiger partial charge is 0.493 e. The lowest BCUT2D eigenvalue weighted by Crippen LogP contribution is -2.16. The minimum atomic E-state index is -0.248. The van der Waals surface area contributed by atoms with E-state index in [-0.39, 0.29) is 5.91 Å². The van der Waals surface area contributed by atoms with Gasteiger partial charge in [-0.2, -0.15) is 0 Å². The maximum atomic E-state index is 12.5. The third kappa shape index (κ3) is 3.92. The number of amides is 1. The molecule has 2 aromatic rings. The van der Waals surface area contributed by atoms with E-state index in [1.807, 2.05) is 13.2 Å². The van der Waals surface area contributed by atoms with Crippen LogP contribution in [0.4, 0.5) is 5.69 Å². The Morgan fingerprint density at radius 3 is 2.61 bits per heavy atom. The van der Waals surface area contributed by atoms with E-state index in [1.165, 1.54) is 11.8 Å². The van der Waals surface area contributed by atoms with Crippen LogP contribution in [0.1, 0.15) is 23.0 Å². The van der Waals surface area contributed by atoms with Crippen molar-refractivity contribution in [2.24, 2.45) is 0 Å². The number of benzene rings is 1. The van der Waals surface area contributed by atoms with Crippen LogP contribution in [-0.4, -0.2) is 36.4 Å². The molecule has 23 heavy (non-hydrogen) atoms. The van der Waals surface area contributed by atoms with Crippen molar-refractivity contribution in [2.45, 2.75) is 18.5 Å². The predicted molar refractivity (Wildman–Crippen MR) is 90.7 cm³/mol. The van der Waals surface area contributed by atoms with Crippen molar-refractivity contribution in [3.63, 3.8) is 0 Å². The van der Waals surface area contributed by atoms with Crippen molar-refractivity contribution in [3.8, 4) is 11.5 Å². The van der Waals surface area contributed by atoms with Crippen molar-refractivity contribution >= 4 is 23.4 Å². The highest BCUT2D eigenvalue weighted by Gasteiger charge is 2.14. The molecule has 1 aromatic heterocycles. The number of thioether (sulfide) groups is 1. The summed E-state index contributed by atoms with van der Waals surface area (Å²) in [7, 11) is 3.11. The molecule has 1 aromatic carbocycles. The molecule has 0 saturated heterocycles. The number of carbonyl (C=O) groups excluding carboxylic acids is 1. The average molecular weight is 333 g/mol. The van der Waals surface area contributed by atoms with Crippen LogP contribution in [0.3, 0.4) is 0 Å². The van der Waals surface area contributed by atoms with E-state index in [9.17, 15) is 4.79 Å². The molecule has 0 aliphatic rings. The summed E-state index contributed by atoms with van der Waals surface area (Å²) in [5.41, 5.74) is 1.81. The van der Waals surface area contributed by atoms with Gasteiger partial charge in [-0.05, 0) is 24.8 Å². The van der Waals surface area contributed by atoms with Gasteiger partial charge in [-0.15, -0.1) is 0 Å². The summed E-state index contributed by atoms with van der Waals surface area (Å²) in [4.78, 5) is 21.0. The van der Waals surface area contributed by atoms with Crippen LogP contribution in [0.25, 0.3) is 0 Å². The number of methoxy groups -OCH3 is 2. The highest BCUT2D eigenvalue weighted by atomic mass is 32.2. The lowest BCUT2D eigenvalue weighted by atomic mass is 10.1. The van der Waals surface area contributed by atoms with Crippen LogP contribution in [0.15, 0.2) is 29.6 Å². The molecule has 0 aliphatic heterocycles. The number of rotatable bonds is 6. The smallest absolute Gasteiger partial charge is 0.259 e. The van der Waals surface area contributed by atoms with Crippen LogP contribution in [0.2, 0.25) is 0 Å². The summed E-state index contributed by atoms with van der Waals surface area (Å²) in [5.74, 6) is 0.907. The number of anilines is 1. The second-order valence-corrected chi connectivity index (χ2v) is 5.37. The summed E-state index contributed by atoms with van der Waals surface area (Å²) in [6.45, 7) is 1.96. The quantitative estimate of drug-likeness (QED) is 0.647. The summed E-state index contributed by atoms with van der Waals surface area (Å²) in [5, 5.41) is 3.49. The zero-order valence-electron chi connectivity index (χ0n) is 13.5. The van der Waals surface area contributed by atoms with Crippen molar-refractivity contribution in [3.05, 3.63) is 35.7 Å². The molecule has 6 nitrogen and oxygen atoms in total. The highest BCUT2D eigenvalue weighted by molar-refractivity contribution is 7.98. The summed E-state index contributed by atoms with van der Waals surface area (Å²) in [6.07, 6.45) is 4.12. The van der Waals surface area contributed by atoms with E-state index in [2.05, 4.69) is 15.3 Å². The standard InChI is InChI=1S/C16H19N3O3S/c1-5-12-11(9-17-16(19-12)23-4)15(20)18-10-6-7-13(21-2)14(8-10)22-3/h6-9H,5H2,1-4H3,(H,18,20). The number of nitrogens with zero attached hydrogens (tertiary/aromatic N) is 2. The molecule has 7 heteroatoms. The normalized spacial score (nSPS) is 10.3. The van der Waals surface area contributed by atoms with E-state index < -0.39 is 0 Å². The van der Waals surface area contributed by atoms with Gasteiger partial charge in [-0.25, -0.2) is 9.97 Å². The Balaban J connectivity index is 2.25. The van der Waals surface area contributed by atoms with Gasteiger partial charge in [0.05, 0.1) is 25.5 Å². The monoisotopic (exact) mass is 333 g/mol. The molecule has 1 amide bonds. The molecular formula is C16H19N3O3S. The van der Waals surface area contributed by atoms with Crippen molar-refractivity contribution in [1.82, 2.24) is 9.97 Å². The third-order valence-corrected chi connectivity index (χ3v) is 3.81. The Labute approximate surface area is 139 Å². The molecule has 0 aliphatic carbocycles. The van der Waals surface area contributed by atoms with E-state index in [1.54, 1.807) is 38.6 Å². The molecular weight excluding hydrogens is 314 g/mol.